The van der Waals surface area contributed by atoms with Crippen LogP contribution in [0.4, 0.5) is 11.4 Å². The summed E-state index contributed by atoms with van der Waals surface area (Å²) >= 11 is 0. The number of hydrogen-bond acceptors (Lipinski definition) is 7. The van der Waals surface area contributed by atoms with E-state index in [1.165, 1.54) is 12.1 Å². The summed E-state index contributed by atoms with van der Waals surface area (Å²) in [7, 11) is 1.55. The van der Waals surface area contributed by atoms with Crippen LogP contribution in [0.25, 0.3) is 0 Å². The summed E-state index contributed by atoms with van der Waals surface area (Å²) in [6.07, 6.45) is 0.303. The SMILES string of the molecule is CCOC(=O)C(Cc1ccc([N+](=O)[O-])cc1)c1ccc(OC)c(NC(C(=O)C(C)(C)C)C(C)C)c1. The molecule has 8 heteroatoms. The quantitative estimate of drug-likeness (QED) is 0.253. The van der Waals surface area contributed by atoms with Gasteiger partial charge >= 0.3 is 5.97 Å². The highest BCUT2D eigenvalue weighted by Gasteiger charge is 2.32. The molecule has 35 heavy (non-hydrogen) atoms. The van der Waals surface area contributed by atoms with Gasteiger partial charge in [-0.2, -0.15) is 0 Å². The average Bonchev–Trinajstić information content (AvgIpc) is 2.80. The first-order valence-electron chi connectivity index (χ1n) is 11.8. The van der Waals surface area contributed by atoms with Crippen LogP contribution in [-0.2, 0) is 20.7 Å². The number of hydrogen-bond donors (Lipinski definition) is 1. The molecule has 2 aromatic carbocycles. The van der Waals surface area contributed by atoms with E-state index in [4.69, 9.17) is 9.47 Å². The first-order chi connectivity index (χ1) is 16.4. The summed E-state index contributed by atoms with van der Waals surface area (Å²) in [6.45, 7) is 11.6. The summed E-state index contributed by atoms with van der Waals surface area (Å²) in [4.78, 5) is 36.6. The molecule has 0 aromatic heterocycles. The number of ether oxygens (including phenoxy) is 2. The second-order valence-corrected chi connectivity index (χ2v) is 9.87. The van der Waals surface area contributed by atoms with Gasteiger partial charge in [0.2, 0.25) is 0 Å². The number of nitrogens with one attached hydrogen (secondary N) is 1. The second kappa shape index (κ2) is 11.8. The number of rotatable bonds is 11. The van der Waals surface area contributed by atoms with E-state index in [0.717, 1.165) is 5.56 Å². The van der Waals surface area contributed by atoms with Gasteiger partial charge in [-0.1, -0.05) is 52.8 Å². The third kappa shape index (κ3) is 7.28. The average molecular weight is 485 g/mol. The number of nitro groups is 1. The molecule has 0 saturated heterocycles. The van der Waals surface area contributed by atoms with Crippen molar-refractivity contribution >= 4 is 23.1 Å². The molecule has 190 valence electrons. The Hall–Kier alpha value is -3.42. The first kappa shape index (κ1) is 27.8. The molecule has 0 aliphatic rings. The van der Waals surface area contributed by atoms with Gasteiger partial charge in [0.05, 0.1) is 36.3 Å². The Bertz CT molecular complexity index is 1040. The Morgan fingerprint density at radius 1 is 1.09 bits per heavy atom. The highest BCUT2D eigenvalue weighted by atomic mass is 16.6. The van der Waals surface area contributed by atoms with Gasteiger partial charge in [-0.3, -0.25) is 19.7 Å². The minimum atomic E-state index is -0.640. The Balaban J connectivity index is 2.47. The van der Waals surface area contributed by atoms with Crippen molar-refractivity contribution in [3.05, 3.63) is 63.7 Å². The minimum Gasteiger partial charge on any atom is -0.495 e. The van der Waals surface area contributed by atoms with Crippen LogP contribution in [0, 0.1) is 21.4 Å². The molecule has 0 heterocycles. The summed E-state index contributed by atoms with van der Waals surface area (Å²) in [5.74, 6) is -0.380. The number of nitro benzene ring substituents is 1. The van der Waals surface area contributed by atoms with Crippen molar-refractivity contribution in [3.8, 4) is 5.75 Å². The molecule has 0 spiro atoms. The van der Waals surface area contributed by atoms with Gasteiger partial charge in [-0.15, -0.1) is 0 Å². The van der Waals surface area contributed by atoms with Gasteiger partial charge in [0.25, 0.3) is 5.69 Å². The summed E-state index contributed by atoms with van der Waals surface area (Å²) < 4.78 is 10.9. The lowest BCUT2D eigenvalue weighted by Crippen LogP contribution is -2.41. The molecule has 0 aliphatic heterocycles. The second-order valence-electron chi connectivity index (χ2n) is 9.87. The van der Waals surface area contributed by atoms with Gasteiger partial charge < -0.3 is 14.8 Å². The van der Waals surface area contributed by atoms with Gasteiger partial charge in [0, 0.05) is 17.5 Å². The van der Waals surface area contributed by atoms with Crippen molar-refractivity contribution in [2.24, 2.45) is 11.3 Å². The highest BCUT2D eigenvalue weighted by Crippen LogP contribution is 2.33. The molecule has 2 rings (SSSR count). The van der Waals surface area contributed by atoms with Gasteiger partial charge in [0.1, 0.15) is 5.75 Å². The maximum absolute atomic E-state index is 13.1. The van der Waals surface area contributed by atoms with Crippen LogP contribution in [0.5, 0.6) is 5.75 Å². The molecule has 0 fully saturated rings. The number of carbonyl (C=O) groups excluding carboxylic acids is 2. The zero-order valence-corrected chi connectivity index (χ0v) is 21.6. The van der Waals surface area contributed by atoms with Gasteiger partial charge in [0.15, 0.2) is 5.78 Å². The molecule has 0 aliphatic carbocycles. The Kier molecular flexibility index (Phi) is 9.40. The molecule has 0 saturated carbocycles. The monoisotopic (exact) mass is 484 g/mol. The Morgan fingerprint density at radius 2 is 1.71 bits per heavy atom. The topological polar surface area (TPSA) is 108 Å². The van der Waals surface area contributed by atoms with E-state index in [1.807, 2.05) is 40.7 Å². The van der Waals surface area contributed by atoms with Crippen molar-refractivity contribution in [2.45, 2.75) is 59.9 Å². The predicted octanol–water partition coefficient (Wildman–Crippen LogP) is 5.54. The summed E-state index contributed by atoms with van der Waals surface area (Å²) in [5, 5.41) is 14.3. The number of Topliss-reactive ketones (excluding diaryl/α,β-unsaturated/α-hetero) is 1. The lowest BCUT2D eigenvalue weighted by molar-refractivity contribution is -0.384. The third-order valence-corrected chi connectivity index (χ3v) is 5.78. The van der Waals surface area contributed by atoms with Crippen LogP contribution < -0.4 is 10.1 Å². The van der Waals surface area contributed by atoms with E-state index in [9.17, 15) is 19.7 Å². The molecular weight excluding hydrogens is 448 g/mol. The van der Waals surface area contributed by atoms with E-state index >= 15 is 0 Å². The molecule has 8 nitrogen and oxygen atoms in total. The van der Waals surface area contributed by atoms with E-state index in [1.54, 1.807) is 38.3 Å². The van der Waals surface area contributed by atoms with Crippen LogP contribution in [-0.4, -0.2) is 36.4 Å². The summed E-state index contributed by atoms with van der Waals surface area (Å²) in [5.41, 5.74) is 1.52. The molecule has 2 aromatic rings. The fraction of sp³-hybridized carbons (Fsp3) is 0.481. The zero-order chi connectivity index (χ0) is 26.3. The first-order valence-corrected chi connectivity index (χ1v) is 11.8. The third-order valence-electron chi connectivity index (χ3n) is 5.78. The van der Waals surface area contributed by atoms with Gasteiger partial charge in [-0.25, -0.2) is 0 Å². The van der Waals surface area contributed by atoms with Crippen LogP contribution >= 0.6 is 0 Å². The predicted molar refractivity (Wildman–Crippen MR) is 136 cm³/mol. The summed E-state index contributed by atoms with van der Waals surface area (Å²) in [6, 6.07) is 11.1. The van der Waals surface area contributed by atoms with Crippen molar-refractivity contribution in [2.75, 3.05) is 19.0 Å². The maximum atomic E-state index is 13.1. The smallest absolute Gasteiger partial charge is 0.313 e. The number of anilines is 1. The largest absolute Gasteiger partial charge is 0.495 e. The minimum absolute atomic E-state index is 0.0133. The number of esters is 1. The fourth-order valence-electron chi connectivity index (χ4n) is 3.79. The standard InChI is InChI=1S/C27H36N2O6/c1-8-35-26(31)21(15-18-9-12-20(13-10-18)29(32)33)19-11-14-23(34-7)22(16-19)28-24(17(2)3)25(30)27(4,5)6/h9-14,16-17,21,24,28H,8,15H2,1-7H3. The molecule has 2 unspecified atom stereocenters. The van der Waals surface area contributed by atoms with Crippen molar-refractivity contribution < 1.29 is 24.0 Å². The Labute approximate surface area is 207 Å². The number of ketones is 1. The number of non-ortho nitro benzene ring substituents is 1. The van der Waals surface area contributed by atoms with E-state index in [-0.39, 0.29) is 24.0 Å². The molecule has 0 radical (unpaired) electrons. The molecule has 0 bridgehead atoms. The zero-order valence-electron chi connectivity index (χ0n) is 21.6. The molecule has 0 amide bonds. The molecule has 1 N–H and O–H groups in total. The lowest BCUT2D eigenvalue weighted by atomic mass is 9.82. The number of nitrogens with zero attached hydrogens (tertiary/aromatic N) is 1. The normalized spacial score (nSPS) is 13.1. The molecule has 2 atom stereocenters. The number of methoxy groups -OCH3 is 1. The van der Waals surface area contributed by atoms with E-state index < -0.39 is 28.3 Å². The highest BCUT2D eigenvalue weighted by molar-refractivity contribution is 5.91. The van der Waals surface area contributed by atoms with Gasteiger partial charge in [-0.05, 0) is 42.5 Å². The van der Waals surface area contributed by atoms with E-state index in [0.29, 0.717) is 23.4 Å². The number of benzene rings is 2. The Morgan fingerprint density at radius 3 is 2.20 bits per heavy atom. The maximum Gasteiger partial charge on any atom is 0.313 e. The lowest BCUT2D eigenvalue weighted by Gasteiger charge is -2.30. The van der Waals surface area contributed by atoms with Crippen LogP contribution in [0.3, 0.4) is 0 Å². The van der Waals surface area contributed by atoms with E-state index in [2.05, 4.69) is 5.32 Å². The van der Waals surface area contributed by atoms with Crippen molar-refractivity contribution in [3.63, 3.8) is 0 Å². The van der Waals surface area contributed by atoms with Crippen LogP contribution in [0.1, 0.15) is 58.6 Å². The van der Waals surface area contributed by atoms with Crippen molar-refractivity contribution in [1.29, 1.82) is 0 Å². The van der Waals surface area contributed by atoms with Crippen LogP contribution in [0.15, 0.2) is 42.5 Å². The van der Waals surface area contributed by atoms with Crippen LogP contribution in [0.2, 0.25) is 0 Å². The fourth-order valence-corrected chi connectivity index (χ4v) is 3.79. The number of carbonyl (C=O) groups is 2. The van der Waals surface area contributed by atoms with Crippen molar-refractivity contribution in [1.82, 2.24) is 0 Å². The molecular formula is C27H36N2O6.